The number of rotatable bonds is 4. The van der Waals surface area contributed by atoms with E-state index in [1.807, 2.05) is 4.72 Å². The lowest BCUT2D eigenvalue weighted by atomic mass is 10.3. The Morgan fingerprint density at radius 3 is 2.14 bits per heavy atom. The van der Waals surface area contributed by atoms with Crippen LogP contribution >= 0.6 is 0 Å². The summed E-state index contributed by atoms with van der Waals surface area (Å²) in [6.45, 7) is 0. The monoisotopic (exact) mass is 314 g/mol. The number of nitro benzene ring substituents is 1. The summed E-state index contributed by atoms with van der Waals surface area (Å²) in [7, 11) is -4.14. The van der Waals surface area contributed by atoms with Crippen LogP contribution < -0.4 is 4.72 Å². The molecule has 0 saturated heterocycles. The van der Waals surface area contributed by atoms with Gasteiger partial charge in [0.15, 0.2) is 0 Å². The van der Waals surface area contributed by atoms with Crippen LogP contribution in [0.5, 0.6) is 0 Å². The van der Waals surface area contributed by atoms with Gasteiger partial charge in [0, 0.05) is 0 Å². The van der Waals surface area contributed by atoms with E-state index in [0.29, 0.717) is 6.07 Å². The maximum absolute atomic E-state index is 13.0. The highest BCUT2D eigenvalue weighted by molar-refractivity contribution is 7.92. The Labute approximate surface area is 118 Å². The third-order valence-corrected chi connectivity index (χ3v) is 3.91. The molecule has 0 aliphatic carbocycles. The zero-order chi connectivity index (χ0) is 15.6. The molecule has 2 rings (SSSR count). The Kier molecular flexibility index (Phi) is 3.85. The predicted octanol–water partition coefficient (Wildman–Crippen LogP) is 2.67. The third-order valence-electron chi connectivity index (χ3n) is 2.52. The second-order valence-corrected chi connectivity index (χ2v) is 5.66. The molecule has 0 aliphatic heterocycles. The summed E-state index contributed by atoms with van der Waals surface area (Å²) in [4.78, 5) is 9.61. The molecule has 0 saturated carbocycles. The number of halogens is 2. The van der Waals surface area contributed by atoms with Crippen molar-refractivity contribution >= 4 is 21.4 Å². The molecule has 0 bridgehead atoms. The molecule has 110 valence electrons. The molecular weight excluding hydrogens is 306 g/mol. The zero-order valence-corrected chi connectivity index (χ0v) is 11.1. The minimum atomic E-state index is -4.14. The SMILES string of the molecule is O=[N+]([O-])c1cc(F)ccc1NS(=O)(=O)c1ccc(F)cc1. The number of sulfonamides is 1. The number of benzene rings is 2. The Hall–Kier alpha value is -2.55. The van der Waals surface area contributed by atoms with Crippen molar-refractivity contribution in [1.29, 1.82) is 0 Å². The lowest BCUT2D eigenvalue weighted by molar-refractivity contribution is -0.384. The van der Waals surface area contributed by atoms with Gasteiger partial charge in [0.2, 0.25) is 0 Å². The fourth-order valence-electron chi connectivity index (χ4n) is 1.56. The first-order valence-corrected chi connectivity index (χ1v) is 7.00. The Morgan fingerprint density at radius 2 is 1.57 bits per heavy atom. The Balaban J connectivity index is 2.41. The van der Waals surface area contributed by atoms with Gasteiger partial charge in [-0.05, 0) is 36.4 Å². The van der Waals surface area contributed by atoms with Crippen molar-refractivity contribution in [1.82, 2.24) is 0 Å². The summed E-state index contributed by atoms with van der Waals surface area (Å²) in [5.74, 6) is -1.49. The first kappa shape index (κ1) is 14.9. The molecule has 9 heteroatoms. The van der Waals surface area contributed by atoms with Crippen molar-refractivity contribution in [3.05, 3.63) is 64.2 Å². The molecule has 0 heterocycles. The van der Waals surface area contributed by atoms with Gasteiger partial charge >= 0.3 is 0 Å². The second-order valence-electron chi connectivity index (χ2n) is 3.98. The summed E-state index contributed by atoms with van der Waals surface area (Å²) >= 11 is 0. The fourth-order valence-corrected chi connectivity index (χ4v) is 2.63. The molecule has 0 aromatic heterocycles. The highest BCUT2D eigenvalue weighted by atomic mass is 32.2. The molecule has 0 spiro atoms. The maximum atomic E-state index is 13.0. The molecule has 0 radical (unpaired) electrons. The highest BCUT2D eigenvalue weighted by Gasteiger charge is 2.21. The standard InChI is InChI=1S/C12H8F2N2O4S/c13-8-1-4-10(5-2-8)21(19,20)15-11-6-3-9(14)7-12(11)16(17)18/h1-7,15H. The predicted molar refractivity (Wildman–Crippen MR) is 70.3 cm³/mol. The molecule has 21 heavy (non-hydrogen) atoms. The van der Waals surface area contributed by atoms with Crippen molar-refractivity contribution in [2.45, 2.75) is 4.90 Å². The lowest BCUT2D eigenvalue weighted by Crippen LogP contribution is -2.14. The van der Waals surface area contributed by atoms with Gasteiger partial charge in [0.1, 0.15) is 17.3 Å². The van der Waals surface area contributed by atoms with Crippen molar-refractivity contribution < 1.29 is 22.1 Å². The van der Waals surface area contributed by atoms with Gasteiger partial charge in [0.05, 0.1) is 15.9 Å². The van der Waals surface area contributed by atoms with Gasteiger partial charge in [-0.2, -0.15) is 0 Å². The van der Waals surface area contributed by atoms with E-state index in [2.05, 4.69) is 0 Å². The van der Waals surface area contributed by atoms with Gasteiger partial charge in [-0.1, -0.05) is 0 Å². The van der Waals surface area contributed by atoms with E-state index in [1.54, 1.807) is 0 Å². The molecule has 0 unspecified atom stereocenters. The average Bonchev–Trinajstić information content (AvgIpc) is 2.41. The van der Waals surface area contributed by atoms with E-state index >= 15 is 0 Å². The van der Waals surface area contributed by atoms with Crippen LogP contribution in [0.4, 0.5) is 20.2 Å². The van der Waals surface area contributed by atoms with Crippen molar-refractivity contribution in [2.24, 2.45) is 0 Å². The van der Waals surface area contributed by atoms with Crippen LogP contribution in [0.2, 0.25) is 0 Å². The van der Waals surface area contributed by atoms with E-state index in [4.69, 9.17) is 0 Å². The van der Waals surface area contributed by atoms with Gasteiger partial charge in [-0.15, -0.1) is 0 Å². The number of hydrogen-bond acceptors (Lipinski definition) is 4. The van der Waals surface area contributed by atoms with Gasteiger partial charge in [-0.3, -0.25) is 14.8 Å². The average molecular weight is 314 g/mol. The summed E-state index contributed by atoms with van der Waals surface area (Å²) < 4.78 is 51.8. The Morgan fingerprint density at radius 1 is 1.00 bits per heavy atom. The quantitative estimate of drug-likeness (QED) is 0.694. The molecule has 0 fully saturated rings. The van der Waals surface area contributed by atoms with Crippen molar-refractivity contribution in [2.75, 3.05) is 4.72 Å². The second kappa shape index (κ2) is 5.44. The van der Waals surface area contributed by atoms with Crippen molar-refractivity contribution in [3.8, 4) is 0 Å². The minimum Gasteiger partial charge on any atom is -0.273 e. The normalized spacial score (nSPS) is 11.1. The number of nitro groups is 1. The molecule has 0 amide bonds. The summed E-state index contributed by atoms with van der Waals surface area (Å²) in [5.41, 5.74) is -1.11. The largest absolute Gasteiger partial charge is 0.296 e. The van der Waals surface area contributed by atoms with Gasteiger partial charge < -0.3 is 0 Å². The van der Waals surface area contributed by atoms with Gasteiger partial charge in [-0.25, -0.2) is 17.2 Å². The maximum Gasteiger partial charge on any atom is 0.296 e. The summed E-state index contributed by atoms with van der Waals surface area (Å²) in [5, 5.41) is 10.8. The van der Waals surface area contributed by atoms with Crippen LogP contribution in [0.1, 0.15) is 0 Å². The topological polar surface area (TPSA) is 89.3 Å². The van der Waals surface area contributed by atoms with Crippen LogP contribution in [-0.4, -0.2) is 13.3 Å². The van der Waals surface area contributed by atoms with Crippen LogP contribution in [0.3, 0.4) is 0 Å². The molecule has 0 aliphatic rings. The van der Waals surface area contributed by atoms with E-state index in [1.165, 1.54) is 0 Å². The smallest absolute Gasteiger partial charge is 0.273 e. The van der Waals surface area contributed by atoms with E-state index in [9.17, 15) is 27.3 Å². The van der Waals surface area contributed by atoms with Crippen LogP contribution in [0.25, 0.3) is 0 Å². The Bertz CT molecular complexity index is 791. The molecular formula is C12H8F2N2O4S. The lowest BCUT2D eigenvalue weighted by Gasteiger charge is -2.08. The third kappa shape index (κ3) is 3.31. The molecule has 2 aromatic carbocycles. The number of nitrogens with zero attached hydrogens (tertiary/aromatic N) is 1. The first-order valence-electron chi connectivity index (χ1n) is 5.52. The van der Waals surface area contributed by atoms with Crippen LogP contribution in [0.15, 0.2) is 47.4 Å². The highest BCUT2D eigenvalue weighted by Crippen LogP contribution is 2.27. The fraction of sp³-hybridized carbons (Fsp3) is 0. The van der Waals surface area contributed by atoms with Gasteiger partial charge in [0.25, 0.3) is 15.7 Å². The number of hydrogen-bond donors (Lipinski definition) is 1. The molecule has 0 atom stereocenters. The molecule has 6 nitrogen and oxygen atoms in total. The summed E-state index contributed by atoms with van der Waals surface area (Å²) in [6.07, 6.45) is 0. The van der Waals surface area contributed by atoms with Crippen LogP contribution in [-0.2, 0) is 10.0 Å². The minimum absolute atomic E-state index is 0.275. The first-order chi connectivity index (χ1) is 9.79. The van der Waals surface area contributed by atoms with Crippen molar-refractivity contribution in [3.63, 3.8) is 0 Å². The number of anilines is 1. The van der Waals surface area contributed by atoms with E-state index in [0.717, 1.165) is 36.4 Å². The molecule has 2 aromatic rings. The van der Waals surface area contributed by atoms with E-state index < -0.39 is 32.3 Å². The van der Waals surface area contributed by atoms with Crippen LogP contribution in [0, 0.1) is 21.7 Å². The van der Waals surface area contributed by atoms with E-state index in [-0.39, 0.29) is 10.6 Å². The number of nitrogens with one attached hydrogen (secondary N) is 1. The zero-order valence-electron chi connectivity index (χ0n) is 10.3. The molecule has 1 N–H and O–H groups in total. The summed E-state index contributed by atoms with van der Waals surface area (Å²) in [6, 6.07) is 6.31.